The summed E-state index contributed by atoms with van der Waals surface area (Å²) in [6.45, 7) is 1.32. The van der Waals surface area contributed by atoms with E-state index in [1.807, 2.05) is 13.0 Å². The number of sulfonamides is 1. The molecule has 0 aliphatic rings. The molecule has 0 aliphatic carbocycles. The summed E-state index contributed by atoms with van der Waals surface area (Å²) in [5.41, 5.74) is 4.25. The molecule has 3 aromatic carbocycles. The van der Waals surface area contributed by atoms with Crippen LogP contribution in [-0.4, -0.2) is 40.8 Å². The Balaban J connectivity index is 1.76. The van der Waals surface area contributed by atoms with Gasteiger partial charge in [0, 0.05) is 0 Å². The molecule has 35 heavy (non-hydrogen) atoms. The van der Waals surface area contributed by atoms with Crippen molar-refractivity contribution in [2.45, 2.75) is 11.8 Å². The predicted octanol–water partition coefficient (Wildman–Crippen LogP) is 3.25. The van der Waals surface area contributed by atoms with Gasteiger partial charge < -0.3 is 9.47 Å². The summed E-state index contributed by atoms with van der Waals surface area (Å²) in [7, 11) is -2.52. The topological polar surface area (TPSA) is 121 Å². The lowest BCUT2D eigenvalue weighted by Crippen LogP contribution is -2.39. The monoisotopic (exact) mass is 492 g/mol. The molecular weight excluding hydrogens is 468 g/mol. The van der Waals surface area contributed by atoms with Gasteiger partial charge in [0.25, 0.3) is 15.9 Å². The Hall–Kier alpha value is -4.36. The van der Waals surface area contributed by atoms with Gasteiger partial charge in [-0.1, -0.05) is 17.7 Å². The predicted molar refractivity (Wildman–Crippen MR) is 132 cm³/mol. The minimum absolute atomic E-state index is 0.0559. The van der Waals surface area contributed by atoms with Gasteiger partial charge in [0.2, 0.25) is 0 Å². The van der Waals surface area contributed by atoms with Crippen LogP contribution in [0, 0.1) is 18.3 Å². The highest BCUT2D eigenvalue weighted by Gasteiger charge is 2.27. The third kappa shape index (κ3) is 6.82. The Bertz CT molecular complexity index is 1310. The average molecular weight is 493 g/mol. The molecule has 0 atom stereocenters. The first-order valence-electron chi connectivity index (χ1n) is 10.5. The number of carbonyl (C=O) groups excluding carboxylic acids is 1. The number of hydrogen-bond acceptors (Lipinski definition) is 7. The highest BCUT2D eigenvalue weighted by molar-refractivity contribution is 7.92. The molecule has 0 unspecified atom stereocenters. The number of hydrazone groups is 1. The summed E-state index contributed by atoms with van der Waals surface area (Å²) in [6.07, 6.45) is 1.41. The second-order valence-corrected chi connectivity index (χ2v) is 9.19. The summed E-state index contributed by atoms with van der Waals surface area (Å²) in [5, 5.41) is 12.5. The minimum Gasteiger partial charge on any atom is -0.497 e. The summed E-state index contributed by atoms with van der Waals surface area (Å²) in [5.74, 6) is 0.463. The number of anilines is 1. The Morgan fingerprint density at radius 1 is 1.03 bits per heavy atom. The Morgan fingerprint density at radius 3 is 2.26 bits per heavy atom. The van der Waals surface area contributed by atoms with Crippen LogP contribution in [0.1, 0.15) is 11.1 Å². The molecule has 3 aromatic rings. The van der Waals surface area contributed by atoms with E-state index in [2.05, 4.69) is 10.5 Å². The van der Waals surface area contributed by atoms with Crippen molar-refractivity contribution in [3.8, 4) is 17.6 Å². The van der Waals surface area contributed by atoms with Crippen LogP contribution in [0.5, 0.6) is 11.5 Å². The third-order valence-electron chi connectivity index (χ3n) is 4.84. The van der Waals surface area contributed by atoms with Crippen LogP contribution >= 0.6 is 0 Å². The molecule has 0 aliphatic heterocycles. The van der Waals surface area contributed by atoms with E-state index >= 15 is 0 Å². The standard InChI is InChI=1S/C25H24N4O5S/c1-19-3-13-24(14-4-19)35(31,32)29(21-7-11-22(33-2)12-8-21)18-25(30)28-27-17-20-5-9-23(10-6-20)34-16-15-26/h3-14,17H,16,18H2,1-2H3,(H,28,30)/b27-17+. The molecule has 9 nitrogen and oxygen atoms in total. The first-order chi connectivity index (χ1) is 16.8. The highest BCUT2D eigenvalue weighted by atomic mass is 32.2. The molecule has 0 radical (unpaired) electrons. The quantitative estimate of drug-likeness (QED) is 0.343. The maximum Gasteiger partial charge on any atom is 0.264 e. The molecule has 3 rings (SSSR count). The van der Waals surface area contributed by atoms with Crippen LogP contribution in [0.4, 0.5) is 5.69 Å². The maximum atomic E-state index is 13.4. The lowest BCUT2D eigenvalue weighted by molar-refractivity contribution is -0.119. The van der Waals surface area contributed by atoms with Crippen molar-refractivity contribution in [2.75, 3.05) is 24.6 Å². The molecule has 1 amide bonds. The Kier molecular flexibility index (Phi) is 8.43. The highest BCUT2D eigenvalue weighted by Crippen LogP contribution is 2.26. The van der Waals surface area contributed by atoms with Crippen molar-refractivity contribution in [1.82, 2.24) is 5.43 Å². The van der Waals surface area contributed by atoms with E-state index in [9.17, 15) is 13.2 Å². The number of benzene rings is 3. The van der Waals surface area contributed by atoms with E-state index < -0.39 is 22.5 Å². The van der Waals surface area contributed by atoms with Gasteiger partial charge in [-0.05, 0) is 73.2 Å². The van der Waals surface area contributed by atoms with Crippen LogP contribution < -0.4 is 19.2 Å². The lowest BCUT2D eigenvalue weighted by Gasteiger charge is -2.24. The summed E-state index contributed by atoms with van der Waals surface area (Å²) >= 11 is 0. The molecule has 0 spiro atoms. The van der Waals surface area contributed by atoms with E-state index in [-0.39, 0.29) is 11.5 Å². The minimum atomic E-state index is -4.03. The first kappa shape index (κ1) is 25.3. The lowest BCUT2D eigenvalue weighted by atomic mass is 10.2. The Labute approximate surface area is 204 Å². The van der Waals surface area contributed by atoms with Gasteiger partial charge in [-0.3, -0.25) is 9.10 Å². The van der Waals surface area contributed by atoms with Crippen LogP contribution in [0.2, 0.25) is 0 Å². The maximum absolute atomic E-state index is 13.4. The summed E-state index contributed by atoms with van der Waals surface area (Å²) in [4.78, 5) is 12.7. The number of ether oxygens (including phenoxy) is 2. The van der Waals surface area contributed by atoms with Crippen LogP contribution in [0.3, 0.4) is 0 Å². The number of aryl methyl sites for hydroxylation is 1. The largest absolute Gasteiger partial charge is 0.497 e. The van der Waals surface area contributed by atoms with Gasteiger partial charge in [0.1, 0.15) is 24.1 Å². The van der Waals surface area contributed by atoms with Crippen molar-refractivity contribution in [1.29, 1.82) is 5.26 Å². The van der Waals surface area contributed by atoms with E-state index in [1.54, 1.807) is 60.7 Å². The smallest absolute Gasteiger partial charge is 0.264 e. The van der Waals surface area contributed by atoms with Crippen LogP contribution in [-0.2, 0) is 14.8 Å². The first-order valence-corrected chi connectivity index (χ1v) is 11.9. The summed E-state index contributed by atoms with van der Waals surface area (Å²) in [6, 6.07) is 21.4. The molecule has 0 heterocycles. The molecule has 0 bridgehead atoms. The van der Waals surface area contributed by atoms with E-state index in [1.165, 1.54) is 25.5 Å². The van der Waals surface area contributed by atoms with E-state index in [0.717, 1.165) is 9.87 Å². The van der Waals surface area contributed by atoms with Gasteiger partial charge >= 0.3 is 0 Å². The fourth-order valence-corrected chi connectivity index (χ4v) is 4.43. The average Bonchev–Trinajstić information content (AvgIpc) is 2.87. The number of amides is 1. The van der Waals surface area contributed by atoms with Crippen LogP contribution in [0.15, 0.2) is 82.8 Å². The Morgan fingerprint density at radius 2 is 1.66 bits per heavy atom. The zero-order chi connectivity index (χ0) is 25.3. The molecule has 1 N–H and O–H groups in total. The number of methoxy groups -OCH3 is 1. The zero-order valence-electron chi connectivity index (χ0n) is 19.2. The van der Waals surface area contributed by atoms with Crippen LogP contribution in [0.25, 0.3) is 0 Å². The van der Waals surface area contributed by atoms with E-state index in [0.29, 0.717) is 22.7 Å². The number of carbonyl (C=O) groups is 1. The second-order valence-electron chi connectivity index (χ2n) is 7.33. The zero-order valence-corrected chi connectivity index (χ0v) is 20.0. The molecule has 180 valence electrons. The van der Waals surface area contributed by atoms with Gasteiger partial charge in [-0.15, -0.1) is 0 Å². The summed E-state index contributed by atoms with van der Waals surface area (Å²) < 4.78 is 38.1. The number of hydrogen-bond donors (Lipinski definition) is 1. The molecule has 10 heteroatoms. The number of nitriles is 1. The number of rotatable bonds is 10. The fraction of sp³-hybridized carbons (Fsp3) is 0.160. The molecule has 0 saturated heterocycles. The van der Waals surface area contributed by atoms with Crippen molar-refractivity contribution >= 4 is 27.8 Å². The van der Waals surface area contributed by atoms with Gasteiger partial charge in [0.15, 0.2) is 6.61 Å². The number of nitrogens with zero attached hydrogens (tertiary/aromatic N) is 3. The molecular formula is C25H24N4O5S. The fourth-order valence-electron chi connectivity index (χ4n) is 3.01. The van der Waals surface area contributed by atoms with Crippen molar-refractivity contribution in [2.24, 2.45) is 5.10 Å². The second kappa shape index (κ2) is 11.7. The van der Waals surface area contributed by atoms with Gasteiger partial charge in [0.05, 0.1) is 23.9 Å². The number of nitrogens with one attached hydrogen (secondary N) is 1. The normalized spacial score (nSPS) is 11.0. The van der Waals surface area contributed by atoms with Crippen molar-refractivity contribution in [3.05, 3.63) is 83.9 Å². The third-order valence-corrected chi connectivity index (χ3v) is 6.63. The molecule has 0 fully saturated rings. The molecule has 0 aromatic heterocycles. The SMILES string of the molecule is COc1ccc(N(CC(=O)N/N=C/c2ccc(OCC#N)cc2)S(=O)(=O)c2ccc(C)cc2)cc1. The van der Waals surface area contributed by atoms with E-state index in [4.69, 9.17) is 14.7 Å². The van der Waals surface area contributed by atoms with Gasteiger partial charge in [-0.25, -0.2) is 13.8 Å². The molecule has 0 saturated carbocycles. The van der Waals surface area contributed by atoms with Crippen molar-refractivity contribution in [3.63, 3.8) is 0 Å². The van der Waals surface area contributed by atoms with Crippen molar-refractivity contribution < 1.29 is 22.7 Å². The van der Waals surface area contributed by atoms with Gasteiger partial charge in [-0.2, -0.15) is 10.4 Å².